The van der Waals surface area contributed by atoms with E-state index in [1.54, 1.807) is 7.11 Å². The summed E-state index contributed by atoms with van der Waals surface area (Å²) in [5.74, 6) is 0.760. The van der Waals surface area contributed by atoms with Crippen molar-refractivity contribution in [2.24, 2.45) is 11.8 Å². The molecule has 1 N–H and O–H groups in total. The molecule has 1 aromatic rings. The van der Waals surface area contributed by atoms with Gasteiger partial charge in [-0.05, 0) is 42.9 Å². The summed E-state index contributed by atoms with van der Waals surface area (Å²) in [6, 6.07) is 7.60. The van der Waals surface area contributed by atoms with Crippen LogP contribution in [0.4, 0.5) is 0 Å². The quantitative estimate of drug-likeness (QED) is 0.713. The maximum atomic E-state index is 13.0. The Labute approximate surface area is 169 Å². The largest absolute Gasteiger partial charge is 0.497 e. The first kappa shape index (κ1) is 22.6. The van der Waals surface area contributed by atoms with Gasteiger partial charge in [-0.1, -0.05) is 26.0 Å². The second-order valence-electron chi connectivity index (χ2n) is 7.95. The highest BCUT2D eigenvalue weighted by Crippen LogP contribution is 2.26. The number of rotatable bonds is 8. The highest BCUT2D eigenvalue weighted by molar-refractivity contribution is 7.86. The van der Waals surface area contributed by atoms with E-state index >= 15 is 0 Å². The van der Waals surface area contributed by atoms with Gasteiger partial charge in [0.05, 0.1) is 19.1 Å². The number of nitrogens with zero attached hydrogens (tertiary/aromatic N) is 2. The second kappa shape index (κ2) is 9.71. The third-order valence-electron chi connectivity index (χ3n) is 5.08. The summed E-state index contributed by atoms with van der Waals surface area (Å²) < 4.78 is 32.6. The van der Waals surface area contributed by atoms with E-state index in [0.717, 1.165) is 17.7 Å². The summed E-state index contributed by atoms with van der Waals surface area (Å²) >= 11 is 0. The van der Waals surface area contributed by atoms with Crippen molar-refractivity contribution in [2.45, 2.75) is 39.2 Å². The fourth-order valence-electron chi connectivity index (χ4n) is 3.47. The van der Waals surface area contributed by atoms with Crippen LogP contribution >= 0.6 is 0 Å². The minimum absolute atomic E-state index is 0.0832. The number of piperidine rings is 1. The van der Waals surface area contributed by atoms with Crippen molar-refractivity contribution >= 4 is 16.1 Å². The van der Waals surface area contributed by atoms with Crippen LogP contribution in [-0.2, 0) is 15.0 Å². The van der Waals surface area contributed by atoms with E-state index in [1.807, 2.05) is 24.3 Å². The highest BCUT2D eigenvalue weighted by Gasteiger charge is 2.34. The maximum Gasteiger partial charge on any atom is 0.281 e. The van der Waals surface area contributed by atoms with E-state index in [-0.39, 0.29) is 24.4 Å². The average Bonchev–Trinajstić information content (AvgIpc) is 2.67. The van der Waals surface area contributed by atoms with Crippen LogP contribution in [-0.4, -0.2) is 57.2 Å². The third-order valence-corrected chi connectivity index (χ3v) is 6.99. The van der Waals surface area contributed by atoms with Crippen molar-refractivity contribution in [3.63, 3.8) is 0 Å². The van der Waals surface area contributed by atoms with Crippen LogP contribution in [0.25, 0.3) is 0 Å². The number of hydrogen-bond acceptors (Lipinski definition) is 4. The summed E-state index contributed by atoms with van der Waals surface area (Å²) in [4.78, 5) is 13.0. The molecule has 1 aliphatic heterocycles. The molecule has 1 fully saturated rings. The van der Waals surface area contributed by atoms with E-state index in [1.165, 1.54) is 22.7 Å². The molecule has 7 nitrogen and oxygen atoms in total. The molecule has 1 amide bonds. The fourth-order valence-corrected chi connectivity index (χ4v) is 4.66. The SMILES string of the molecule is COc1ccc([C@H](CC(C)C)NC(=O)[C@H]2CCCN(S(=O)(=O)N(C)C)C2)cc1. The Bertz CT molecular complexity index is 747. The smallest absolute Gasteiger partial charge is 0.281 e. The van der Waals surface area contributed by atoms with Crippen LogP contribution in [0.3, 0.4) is 0 Å². The van der Waals surface area contributed by atoms with Gasteiger partial charge in [0, 0.05) is 27.2 Å². The van der Waals surface area contributed by atoms with Crippen molar-refractivity contribution in [3.8, 4) is 5.75 Å². The van der Waals surface area contributed by atoms with Gasteiger partial charge in [-0.2, -0.15) is 17.0 Å². The number of amides is 1. The number of benzene rings is 1. The molecule has 158 valence electrons. The topological polar surface area (TPSA) is 79.0 Å². The Hall–Kier alpha value is -1.64. The number of carbonyl (C=O) groups is 1. The molecule has 0 radical (unpaired) electrons. The highest BCUT2D eigenvalue weighted by atomic mass is 32.2. The lowest BCUT2D eigenvalue weighted by Gasteiger charge is -2.33. The number of methoxy groups -OCH3 is 1. The molecule has 1 saturated heterocycles. The predicted octanol–water partition coefficient (Wildman–Crippen LogP) is 2.42. The molecule has 0 unspecified atom stereocenters. The summed E-state index contributed by atoms with van der Waals surface area (Å²) in [5.41, 5.74) is 1.02. The molecule has 0 spiro atoms. The van der Waals surface area contributed by atoms with Crippen LogP contribution in [0.15, 0.2) is 24.3 Å². The molecule has 0 saturated carbocycles. The van der Waals surface area contributed by atoms with E-state index in [4.69, 9.17) is 4.74 Å². The molecule has 28 heavy (non-hydrogen) atoms. The van der Waals surface area contributed by atoms with Gasteiger partial charge in [0.25, 0.3) is 10.2 Å². The lowest BCUT2D eigenvalue weighted by atomic mass is 9.94. The molecule has 1 heterocycles. The Morgan fingerprint density at radius 1 is 1.29 bits per heavy atom. The van der Waals surface area contributed by atoms with Crippen molar-refractivity contribution < 1.29 is 17.9 Å². The van der Waals surface area contributed by atoms with Crippen LogP contribution in [0.5, 0.6) is 5.75 Å². The summed E-state index contributed by atoms with van der Waals surface area (Å²) in [5, 5.41) is 3.16. The molecule has 2 rings (SSSR count). The van der Waals surface area contributed by atoms with Crippen molar-refractivity contribution in [3.05, 3.63) is 29.8 Å². The van der Waals surface area contributed by atoms with Crippen LogP contribution in [0.1, 0.15) is 44.7 Å². The van der Waals surface area contributed by atoms with Crippen LogP contribution < -0.4 is 10.1 Å². The van der Waals surface area contributed by atoms with Gasteiger partial charge in [0.1, 0.15) is 5.75 Å². The van der Waals surface area contributed by atoms with E-state index < -0.39 is 10.2 Å². The van der Waals surface area contributed by atoms with Gasteiger partial charge in [-0.15, -0.1) is 0 Å². The summed E-state index contributed by atoms with van der Waals surface area (Å²) in [6.45, 7) is 4.92. The first-order valence-electron chi connectivity index (χ1n) is 9.77. The molecule has 2 atom stereocenters. The van der Waals surface area contributed by atoms with Gasteiger partial charge in [-0.3, -0.25) is 4.79 Å². The third kappa shape index (κ3) is 5.68. The van der Waals surface area contributed by atoms with E-state index in [0.29, 0.717) is 25.3 Å². The zero-order valence-electron chi connectivity index (χ0n) is 17.5. The molecule has 0 aromatic heterocycles. The predicted molar refractivity (Wildman–Crippen MR) is 110 cm³/mol. The summed E-state index contributed by atoms with van der Waals surface area (Å²) in [6.07, 6.45) is 2.19. The average molecular weight is 412 g/mol. The second-order valence-corrected chi connectivity index (χ2v) is 10.1. The lowest BCUT2D eigenvalue weighted by Crippen LogP contribution is -2.49. The fraction of sp³-hybridized carbons (Fsp3) is 0.650. The maximum absolute atomic E-state index is 13.0. The number of nitrogens with one attached hydrogen (secondary N) is 1. The van der Waals surface area contributed by atoms with E-state index in [2.05, 4.69) is 19.2 Å². The van der Waals surface area contributed by atoms with Gasteiger partial charge >= 0.3 is 0 Å². The minimum Gasteiger partial charge on any atom is -0.497 e. The Morgan fingerprint density at radius 3 is 2.46 bits per heavy atom. The molecular weight excluding hydrogens is 378 g/mol. The zero-order chi connectivity index (χ0) is 20.9. The number of carbonyl (C=O) groups excluding carboxylic acids is 1. The molecule has 8 heteroatoms. The Morgan fingerprint density at radius 2 is 1.93 bits per heavy atom. The standard InChI is InChI=1S/C20H33N3O4S/c1-15(2)13-19(16-8-10-18(27-5)11-9-16)21-20(24)17-7-6-12-23(14-17)28(25,26)22(3)4/h8-11,15,17,19H,6-7,12-14H2,1-5H3,(H,21,24)/t17-,19-/m0/s1. The van der Waals surface area contributed by atoms with Gasteiger partial charge in [-0.25, -0.2) is 0 Å². The Kier molecular flexibility index (Phi) is 7.86. The summed E-state index contributed by atoms with van der Waals surface area (Å²) in [7, 11) is 1.15. The zero-order valence-corrected chi connectivity index (χ0v) is 18.3. The van der Waals surface area contributed by atoms with Crippen LogP contribution in [0, 0.1) is 11.8 Å². The van der Waals surface area contributed by atoms with Crippen molar-refractivity contribution in [1.29, 1.82) is 0 Å². The number of ether oxygens (including phenoxy) is 1. The van der Waals surface area contributed by atoms with Crippen molar-refractivity contribution in [1.82, 2.24) is 13.9 Å². The molecule has 1 aromatic carbocycles. The molecular formula is C20H33N3O4S. The van der Waals surface area contributed by atoms with Gasteiger partial charge in [0.2, 0.25) is 5.91 Å². The lowest BCUT2D eigenvalue weighted by molar-refractivity contribution is -0.127. The monoisotopic (exact) mass is 411 g/mol. The van der Waals surface area contributed by atoms with Gasteiger partial charge in [0.15, 0.2) is 0 Å². The van der Waals surface area contributed by atoms with Crippen LogP contribution in [0.2, 0.25) is 0 Å². The normalized spacial score (nSPS) is 19.6. The first-order chi connectivity index (χ1) is 13.1. The molecule has 1 aliphatic rings. The Balaban J connectivity index is 2.11. The van der Waals surface area contributed by atoms with Crippen molar-refractivity contribution in [2.75, 3.05) is 34.3 Å². The minimum atomic E-state index is -3.50. The van der Waals surface area contributed by atoms with E-state index in [9.17, 15) is 13.2 Å². The number of hydrogen-bond donors (Lipinski definition) is 1. The molecule has 0 bridgehead atoms. The van der Waals surface area contributed by atoms with Gasteiger partial charge < -0.3 is 10.1 Å². The molecule has 0 aliphatic carbocycles. The first-order valence-corrected chi connectivity index (χ1v) is 11.2.